The molecule has 0 N–H and O–H groups in total. The van der Waals surface area contributed by atoms with Crippen molar-refractivity contribution in [3.8, 4) is 6.07 Å². The first-order valence-electron chi connectivity index (χ1n) is 26.5. The minimum atomic E-state index is -2.68. The van der Waals surface area contributed by atoms with Crippen molar-refractivity contribution in [1.82, 2.24) is 0 Å². The summed E-state index contributed by atoms with van der Waals surface area (Å²) >= 11 is 0. The summed E-state index contributed by atoms with van der Waals surface area (Å²) in [6.45, 7) is 12.0. The molecular weight excluding hydrogens is 1040 g/mol. The summed E-state index contributed by atoms with van der Waals surface area (Å²) in [6.07, 6.45) is -12.7. The quantitative estimate of drug-likeness (QED) is 0.0374. The molecule has 416 valence electrons. The van der Waals surface area contributed by atoms with Crippen LogP contribution >= 0.6 is 0 Å². The van der Waals surface area contributed by atoms with E-state index >= 15 is 0 Å². The topological polar surface area (TPSA) is 201 Å². The van der Waals surface area contributed by atoms with Crippen molar-refractivity contribution in [3.63, 3.8) is 0 Å². The number of hydrogen-bond acceptors (Lipinski definition) is 16. The molecule has 0 spiro atoms. The molecule has 6 aromatic carbocycles. The van der Waals surface area contributed by atoms with Gasteiger partial charge >= 0.3 is 29.8 Å². The van der Waals surface area contributed by atoms with Gasteiger partial charge in [-0.2, -0.15) is 5.26 Å². The van der Waals surface area contributed by atoms with Crippen LogP contribution in [-0.4, -0.2) is 107 Å². The van der Waals surface area contributed by atoms with E-state index in [1.165, 1.54) is 0 Å². The van der Waals surface area contributed by atoms with E-state index in [9.17, 15) is 29.2 Å². The predicted molar refractivity (Wildman–Crippen MR) is 294 cm³/mol. The summed E-state index contributed by atoms with van der Waals surface area (Å²) in [7, 11) is -2.68. The average Bonchev–Trinajstić information content (AvgIpc) is 3.57. The first kappa shape index (κ1) is 58.3. The first-order chi connectivity index (χ1) is 38.5. The van der Waals surface area contributed by atoms with Crippen LogP contribution in [-0.2, 0) is 53.7 Å². The average molecular weight is 1100 g/mol. The van der Waals surface area contributed by atoms with E-state index in [2.05, 4.69) is 46.9 Å². The first-order valence-corrected chi connectivity index (χ1v) is 29.4. The van der Waals surface area contributed by atoms with Crippen LogP contribution < -0.4 is 0 Å². The molecule has 80 heavy (non-hydrogen) atoms. The van der Waals surface area contributed by atoms with Crippen molar-refractivity contribution >= 4 is 38.2 Å². The van der Waals surface area contributed by atoms with Gasteiger partial charge in [-0.1, -0.05) is 131 Å². The van der Waals surface area contributed by atoms with Gasteiger partial charge < -0.3 is 47.1 Å². The number of rotatable bonds is 21. The fourth-order valence-corrected chi connectivity index (χ4v) is 11.3. The molecule has 0 bridgehead atoms. The molecule has 8 rings (SSSR count). The molecule has 6 aromatic rings. The van der Waals surface area contributed by atoms with Crippen LogP contribution in [0.4, 0.5) is 0 Å². The summed E-state index contributed by atoms with van der Waals surface area (Å²) in [6, 6.07) is 49.9. The van der Waals surface area contributed by atoms with Gasteiger partial charge in [-0.3, -0.25) is 0 Å². The summed E-state index contributed by atoms with van der Waals surface area (Å²) in [4.78, 5) is 70.8. The summed E-state index contributed by atoms with van der Waals surface area (Å²) in [5.41, 5.74) is 2.00. The van der Waals surface area contributed by atoms with Gasteiger partial charge in [-0.05, 0) is 102 Å². The van der Waals surface area contributed by atoms with Crippen LogP contribution in [0.1, 0.15) is 97.0 Å². The molecule has 9 atom stereocenters. The molecule has 16 nitrogen and oxygen atoms in total. The molecule has 2 saturated heterocycles. The molecule has 0 aromatic heterocycles. The van der Waals surface area contributed by atoms with Crippen LogP contribution in [0.5, 0.6) is 0 Å². The number of carbonyl (C=O) groups is 5. The third-order valence-electron chi connectivity index (χ3n) is 14.9. The minimum Gasteiger partial charge on any atom is -0.455 e. The largest absolute Gasteiger partial charge is 0.455 e. The lowest BCUT2D eigenvalue weighted by molar-refractivity contribution is -0.316. The number of hydrogen-bond donors (Lipinski definition) is 0. The maximum absolute atomic E-state index is 14.4. The monoisotopic (exact) mass is 1100 g/mol. The highest BCUT2D eigenvalue weighted by atomic mass is 28.4. The van der Waals surface area contributed by atoms with Gasteiger partial charge in [0.2, 0.25) is 0 Å². The standard InChI is InChI=1S/C63H65NO15Si/c1-41(2)63(3,4)80(5,6)72-40-51-52(76-57(66)45-24-14-8-15-25-45)54(78-59(68)47-28-18-10-19-29-47)55(79-60(69)48-30-20-11-21-31-48)62(75-51)71-39-49-36-50(74-56(65)44-22-12-7-13-23-44)53(77-58(67)46-26-16-9-17-27-46)61(73-49)70-38-43-34-32-42(37-64)33-35-43/h7-35,41,49-55,61-62H,36,38-40H2,1-6H3/t49-,50+,51-,52-,53-,54+,55-,61-,62-/m1/s1. The highest BCUT2D eigenvalue weighted by Crippen LogP contribution is 2.45. The van der Waals surface area contributed by atoms with E-state index in [1.54, 1.807) is 176 Å². The SMILES string of the molecule is CC(C)C(C)(C)[Si](C)(C)OC[C@H]1O[C@@H](OC[C@H]2C[C@H](OC(=O)c3ccccc3)[C@@H](OC(=O)c3ccccc3)[C@H](OCc3ccc(C#N)cc3)O2)[C@H](OC(=O)c2ccccc2)[C@@H](OC(=O)c2ccccc2)[C@@H]1OC(=O)c1ccccc1. The molecule has 0 aliphatic carbocycles. The molecule has 0 unspecified atom stereocenters. The number of ether oxygens (including phenoxy) is 9. The van der Waals surface area contributed by atoms with E-state index in [0.29, 0.717) is 11.1 Å². The Morgan fingerprint density at radius 2 is 0.925 bits per heavy atom. The normalized spacial score (nSPS) is 22.0. The second-order valence-electron chi connectivity index (χ2n) is 20.8. The molecule has 0 amide bonds. The molecule has 2 aliphatic rings. The van der Waals surface area contributed by atoms with Crippen molar-refractivity contribution in [2.24, 2.45) is 5.92 Å². The Kier molecular flexibility index (Phi) is 19.6. The zero-order valence-corrected chi connectivity index (χ0v) is 46.4. The highest BCUT2D eigenvalue weighted by Gasteiger charge is 2.55. The Morgan fingerprint density at radius 1 is 0.525 bits per heavy atom. The zero-order chi connectivity index (χ0) is 56.8. The van der Waals surface area contributed by atoms with Crippen molar-refractivity contribution in [1.29, 1.82) is 5.26 Å². The number of esters is 5. The maximum Gasteiger partial charge on any atom is 0.338 e. The van der Waals surface area contributed by atoms with Crippen molar-refractivity contribution < 1.29 is 71.0 Å². The van der Waals surface area contributed by atoms with Crippen molar-refractivity contribution in [3.05, 3.63) is 215 Å². The van der Waals surface area contributed by atoms with Crippen LogP contribution in [0, 0.1) is 17.2 Å². The number of carbonyl (C=O) groups excluding carboxylic acids is 5. The molecule has 2 heterocycles. The summed E-state index contributed by atoms with van der Waals surface area (Å²) in [5.74, 6) is -3.71. The zero-order valence-electron chi connectivity index (χ0n) is 45.4. The fraction of sp³-hybridized carbons (Fsp3) is 0.333. The smallest absolute Gasteiger partial charge is 0.338 e. The lowest BCUT2D eigenvalue weighted by Gasteiger charge is -2.47. The van der Waals surface area contributed by atoms with Crippen LogP contribution in [0.25, 0.3) is 0 Å². The minimum absolute atomic E-state index is 0.0988. The Labute approximate surface area is 466 Å². The Hall–Kier alpha value is -7.82. The second kappa shape index (κ2) is 26.9. The molecular formula is C63H65NO15Si. The summed E-state index contributed by atoms with van der Waals surface area (Å²) < 4.78 is 65.0. The second-order valence-corrected chi connectivity index (χ2v) is 25.4. The molecule has 0 radical (unpaired) electrons. The number of nitriles is 1. The molecule has 2 fully saturated rings. The fourth-order valence-electron chi connectivity index (χ4n) is 9.00. The van der Waals surface area contributed by atoms with Gasteiger partial charge in [0.05, 0.1) is 65.4 Å². The van der Waals surface area contributed by atoms with Crippen molar-refractivity contribution in [2.45, 2.75) is 114 Å². The van der Waals surface area contributed by atoms with Crippen molar-refractivity contribution in [2.75, 3.05) is 13.2 Å². The Morgan fingerprint density at radius 3 is 1.36 bits per heavy atom. The van der Waals surface area contributed by atoms with E-state index in [1.807, 2.05) is 0 Å². The van der Waals surface area contributed by atoms with E-state index in [4.69, 9.17) is 47.1 Å². The van der Waals surface area contributed by atoms with Gasteiger partial charge in [0, 0.05) is 6.42 Å². The Balaban J connectivity index is 1.18. The molecule has 17 heteroatoms. The van der Waals surface area contributed by atoms with Gasteiger partial charge in [-0.25, -0.2) is 24.0 Å². The van der Waals surface area contributed by atoms with Gasteiger partial charge in [0.25, 0.3) is 0 Å². The van der Waals surface area contributed by atoms with E-state index < -0.39 is 93.5 Å². The lowest BCUT2D eigenvalue weighted by atomic mass is 9.97. The van der Waals surface area contributed by atoms with Crippen LogP contribution in [0.3, 0.4) is 0 Å². The Bertz CT molecular complexity index is 3050. The highest BCUT2D eigenvalue weighted by molar-refractivity contribution is 6.74. The van der Waals surface area contributed by atoms with Crippen LogP contribution in [0.15, 0.2) is 176 Å². The van der Waals surface area contributed by atoms with Gasteiger partial charge in [-0.15, -0.1) is 0 Å². The predicted octanol–water partition coefficient (Wildman–Crippen LogP) is 10.7. The molecule has 2 aliphatic heterocycles. The van der Waals surface area contributed by atoms with Gasteiger partial charge in [0.15, 0.2) is 45.3 Å². The van der Waals surface area contributed by atoms with E-state index in [0.717, 1.165) is 0 Å². The number of benzene rings is 6. The third kappa shape index (κ3) is 14.7. The van der Waals surface area contributed by atoms with E-state index in [-0.39, 0.29) is 65.0 Å². The van der Waals surface area contributed by atoms with Crippen LogP contribution in [0.2, 0.25) is 18.1 Å². The van der Waals surface area contributed by atoms with Gasteiger partial charge in [0.1, 0.15) is 12.2 Å². The lowest BCUT2D eigenvalue weighted by Crippen LogP contribution is -2.64. The third-order valence-corrected chi connectivity index (χ3v) is 19.4. The summed E-state index contributed by atoms with van der Waals surface area (Å²) in [5, 5.41) is 9.19. The maximum atomic E-state index is 14.4. The molecule has 0 saturated carbocycles. The number of nitrogens with zero attached hydrogens (tertiary/aromatic N) is 1.